The van der Waals surface area contributed by atoms with E-state index >= 15 is 0 Å². The van der Waals surface area contributed by atoms with Crippen molar-refractivity contribution in [2.75, 3.05) is 16.8 Å². The highest BCUT2D eigenvalue weighted by Gasteiger charge is 2.14. The van der Waals surface area contributed by atoms with Crippen LogP contribution in [0.25, 0.3) is 0 Å². The predicted octanol–water partition coefficient (Wildman–Crippen LogP) is 4.38. The minimum absolute atomic E-state index is 0.150. The molecule has 2 rings (SSSR count). The summed E-state index contributed by atoms with van der Waals surface area (Å²) in [6.07, 6.45) is 0.165. The van der Waals surface area contributed by atoms with E-state index in [2.05, 4.69) is 5.32 Å². The fourth-order valence-electron chi connectivity index (χ4n) is 2.12. The molecule has 6 heteroatoms. The number of halogens is 2. The zero-order chi connectivity index (χ0) is 16.8. The maximum Gasteiger partial charge on any atom is 0.226 e. The van der Waals surface area contributed by atoms with Gasteiger partial charge in [0.1, 0.15) is 0 Å². The lowest BCUT2D eigenvalue weighted by atomic mass is 10.2. The normalized spacial score (nSPS) is 10.2. The van der Waals surface area contributed by atoms with E-state index < -0.39 is 0 Å². The second-order valence-corrected chi connectivity index (χ2v) is 5.83. The lowest BCUT2D eigenvalue weighted by Crippen LogP contribution is -2.31. The van der Waals surface area contributed by atoms with Crippen molar-refractivity contribution in [3.8, 4) is 0 Å². The van der Waals surface area contributed by atoms with E-state index in [0.29, 0.717) is 21.4 Å². The standard InChI is InChI=1S/C17H16Cl2N2O2/c1-12(22)21(16-7-3-5-14(19)11-16)9-8-17(23)20-15-6-2-4-13(18)10-15/h2-7,10-11H,8-9H2,1H3,(H,20,23). The molecule has 0 fully saturated rings. The van der Waals surface area contributed by atoms with Gasteiger partial charge in [0.25, 0.3) is 0 Å². The summed E-state index contributed by atoms with van der Waals surface area (Å²) >= 11 is 11.8. The van der Waals surface area contributed by atoms with Crippen molar-refractivity contribution >= 4 is 46.4 Å². The van der Waals surface area contributed by atoms with E-state index in [9.17, 15) is 9.59 Å². The lowest BCUT2D eigenvalue weighted by molar-refractivity contribution is -0.117. The summed E-state index contributed by atoms with van der Waals surface area (Å²) in [4.78, 5) is 25.4. The van der Waals surface area contributed by atoms with Crippen LogP contribution in [0.5, 0.6) is 0 Å². The number of amides is 2. The first-order valence-electron chi connectivity index (χ1n) is 7.05. The Labute approximate surface area is 145 Å². The molecule has 0 saturated heterocycles. The molecule has 2 aromatic carbocycles. The monoisotopic (exact) mass is 350 g/mol. The zero-order valence-electron chi connectivity index (χ0n) is 12.6. The van der Waals surface area contributed by atoms with E-state index in [-0.39, 0.29) is 24.8 Å². The molecule has 0 aliphatic heterocycles. The average Bonchev–Trinajstić information content (AvgIpc) is 2.47. The molecule has 1 N–H and O–H groups in total. The van der Waals surface area contributed by atoms with E-state index in [1.807, 2.05) is 0 Å². The van der Waals surface area contributed by atoms with Crippen molar-refractivity contribution < 1.29 is 9.59 Å². The number of nitrogens with one attached hydrogen (secondary N) is 1. The number of carbonyl (C=O) groups excluding carboxylic acids is 2. The Kier molecular flexibility index (Phi) is 6.02. The third-order valence-corrected chi connectivity index (χ3v) is 3.64. The number of nitrogens with zero attached hydrogens (tertiary/aromatic N) is 1. The highest BCUT2D eigenvalue weighted by molar-refractivity contribution is 6.31. The van der Waals surface area contributed by atoms with Gasteiger partial charge in [0.15, 0.2) is 0 Å². The fraction of sp³-hybridized carbons (Fsp3) is 0.176. The summed E-state index contributed by atoms with van der Waals surface area (Å²) in [6.45, 7) is 1.72. The molecule has 0 radical (unpaired) electrons. The Hall–Kier alpha value is -2.04. The molecule has 0 unspecified atom stereocenters. The minimum atomic E-state index is -0.194. The molecule has 0 aliphatic rings. The molecule has 2 amide bonds. The van der Waals surface area contributed by atoms with Crippen molar-refractivity contribution in [1.29, 1.82) is 0 Å². The summed E-state index contributed by atoms with van der Waals surface area (Å²) in [5.41, 5.74) is 1.29. The lowest BCUT2D eigenvalue weighted by Gasteiger charge is -2.21. The number of anilines is 2. The maximum absolute atomic E-state index is 12.0. The molecule has 0 saturated carbocycles. The SMILES string of the molecule is CC(=O)N(CCC(=O)Nc1cccc(Cl)c1)c1cccc(Cl)c1. The van der Waals surface area contributed by atoms with E-state index in [1.165, 1.54) is 11.8 Å². The van der Waals surface area contributed by atoms with Crippen LogP contribution in [0.15, 0.2) is 48.5 Å². The van der Waals surface area contributed by atoms with Crippen molar-refractivity contribution in [2.24, 2.45) is 0 Å². The van der Waals surface area contributed by atoms with Crippen LogP contribution in [0.3, 0.4) is 0 Å². The third-order valence-electron chi connectivity index (χ3n) is 3.17. The van der Waals surface area contributed by atoms with Gasteiger partial charge in [0.2, 0.25) is 11.8 Å². The van der Waals surface area contributed by atoms with Gasteiger partial charge in [-0.3, -0.25) is 9.59 Å². The number of hydrogen-bond donors (Lipinski definition) is 1. The highest BCUT2D eigenvalue weighted by Crippen LogP contribution is 2.20. The van der Waals surface area contributed by atoms with Crippen LogP contribution >= 0.6 is 23.2 Å². The smallest absolute Gasteiger partial charge is 0.226 e. The van der Waals surface area contributed by atoms with Crippen LogP contribution in [-0.2, 0) is 9.59 Å². The predicted molar refractivity (Wildman–Crippen MR) is 94.2 cm³/mol. The van der Waals surface area contributed by atoms with E-state index in [4.69, 9.17) is 23.2 Å². The Bertz CT molecular complexity index is 719. The van der Waals surface area contributed by atoms with Gasteiger partial charge < -0.3 is 10.2 Å². The highest BCUT2D eigenvalue weighted by atomic mass is 35.5. The molecule has 0 bridgehead atoms. The van der Waals surface area contributed by atoms with Crippen molar-refractivity contribution in [3.63, 3.8) is 0 Å². The van der Waals surface area contributed by atoms with Crippen molar-refractivity contribution in [2.45, 2.75) is 13.3 Å². The molecule has 0 atom stereocenters. The second-order valence-electron chi connectivity index (χ2n) is 4.96. The molecule has 23 heavy (non-hydrogen) atoms. The van der Waals surface area contributed by atoms with Gasteiger partial charge in [0.05, 0.1) is 0 Å². The van der Waals surface area contributed by atoms with Crippen molar-refractivity contribution in [1.82, 2.24) is 0 Å². The Morgan fingerprint density at radius 2 is 1.70 bits per heavy atom. The van der Waals surface area contributed by atoms with E-state index in [0.717, 1.165) is 0 Å². The topological polar surface area (TPSA) is 49.4 Å². The van der Waals surface area contributed by atoms with Crippen LogP contribution in [0, 0.1) is 0 Å². The van der Waals surface area contributed by atoms with Crippen LogP contribution < -0.4 is 10.2 Å². The molecule has 120 valence electrons. The second kappa shape index (κ2) is 7.99. The first-order valence-corrected chi connectivity index (χ1v) is 7.80. The van der Waals surface area contributed by atoms with Crippen LogP contribution in [0.4, 0.5) is 11.4 Å². The maximum atomic E-state index is 12.0. The summed E-state index contributed by atoms with van der Waals surface area (Å²) in [5.74, 6) is -0.344. The molecule has 4 nitrogen and oxygen atoms in total. The minimum Gasteiger partial charge on any atom is -0.326 e. The average molecular weight is 351 g/mol. The van der Waals surface area contributed by atoms with Gasteiger partial charge >= 0.3 is 0 Å². The Morgan fingerprint density at radius 1 is 1.04 bits per heavy atom. The molecule has 2 aromatic rings. The summed E-state index contributed by atoms with van der Waals surface area (Å²) in [7, 11) is 0. The van der Waals surface area contributed by atoms with Gasteiger partial charge in [0, 0.05) is 41.3 Å². The summed E-state index contributed by atoms with van der Waals surface area (Å²) < 4.78 is 0. The Balaban J connectivity index is 1.99. The van der Waals surface area contributed by atoms with Gasteiger partial charge in [-0.05, 0) is 36.4 Å². The van der Waals surface area contributed by atoms with Gasteiger partial charge in [-0.25, -0.2) is 0 Å². The van der Waals surface area contributed by atoms with Crippen LogP contribution in [-0.4, -0.2) is 18.4 Å². The quantitative estimate of drug-likeness (QED) is 0.869. The molecule has 0 aromatic heterocycles. The molecule has 0 spiro atoms. The van der Waals surface area contributed by atoms with Gasteiger partial charge in [-0.1, -0.05) is 35.3 Å². The number of rotatable bonds is 5. The zero-order valence-corrected chi connectivity index (χ0v) is 14.1. The first kappa shape index (κ1) is 17.3. The summed E-state index contributed by atoms with van der Waals surface area (Å²) in [5, 5.41) is 3.84. The molecular formula is C17H16Cl2N2O2. The first-order chi connectivity index (χ1) is 11.0. The van der Waals surface area contributed by atoms with Gasteiger partial charge in [-0.2, -0.15) is 0 Å². The van der Waals surface area contributed by atoms with Crippen molar-refractivity contribution in [3.05, 3.63) is 58.6 Å². The largest absolute Gasteiger partial charge is 0.326 e. The number of carbonyl (C=O) groups is 2. The molecule has 0 aliphatic carbocycles. The van der Waals surface area contributed by atoms with E-state index in [1.54, 1.807) is 48.5 Å². The number of benzene rings is 2. The van der Waals surface area contributed by atoms with Crippen LogP contribution in [0.1, 0.15) is 13.3 Å². The van der Waals surface area contributed by atoms with Gasteiger partial charge in [-0.15, -0.1) is 0 Å². The van der Waals surface area contributed by atoms with Crippen LogP contribution in [0.2, 0.25) is 10.0 Å². The molecule has 0 heterocycles. The third kappa shape index (κ3) is 5.27. The summed E-state index contributed by atoms with van der Waals surface area (Å²) in [6, 6.07) is 13.9. The molecular weight excluding hydrogens is 335 g/mol. The Morgan fingerprint density at radius 3 is 2.30 bits per heavy atom. The number of hydrogen-bond acceptors (Lipinski definition) is 2. The fourth-order valence-corrected chi connectivity index (χ4v) is 2.49.